The van der Waals surface area contributed by atoms with Gasteiger partial charge in [-0.1, -0.05) is 18.2 Å². The molecule has 15 heavy (non-hydrogen) atoms. The maximum absolute atomic E-state index is 10.9. The molecule has 0 heterocycles. The van der Waals surface area contributed by atoms with Crippen molar-refractivity contribution in [1.29, 1.82) is 0 Å². The number of thioether (sulfide) groups is 1. The van der Waals surface area contributed by atoms with E-state index in [9.17, 15) is 9.90 Å². The summed E-state index contributed by atoms with van der Waals surface area (Å²) in [6.07, 6.45) is 5.21. The third-order valence-corrected chi connectivity index (χ3v) is 3.35. The number of hydrogen-bond acceptors (Lipinski definition) is 3. The lowest BCUT2D eigenvalue weighted by molar-refractivity contribution is -0.305. The number of benzene rings is 1. The Morgan fingerprint density at radius 2 is 2.07 bits per heavy atom. The number of carbonyl (C=O) groups is 1. The first kappa shape index (κ1) is 11.7. The van der Waals surface area contributed by atoms with E-state index in [4.69, 9.17) is 6.42 Å². The molecule has 0 saturated carbocycles. The highest BCUT2D eigenvalue weighted by Crippen LogP contribution is 2.27. The molecule has 2 nitrogen and oxygen atoms in total. The smallest absolute Gasteiger partial charge is 0.0625 e. The lowest BCUT2D eigenvalue weighted by Gasteiger charge is -2.20. The molecule has 0 saturated heterocycles. The quantitative estimate of drug-likeness (QED) is 0.563. The van der Waals surface area contributed by atoms with Crippen LogP contribution in [0.2, 0.25) is 0 Å². The van der Waals surface area contributed by atoms with Gasteiger partial charge in [0.05, 0.1) is 11.2 Å². The molecule has 3 heteroatoms. The summed E-state index contributed by atoms with van der Waals surface area (Å²) < 4.78 is 0. The molecule has 0 radical (unpaired) electrons. The lowest BCUT2D eigenvalue weighted by Crippen LogP contribution is -2.37. The van der Waals surface area contributed by atoms with Crippen LogP contribution in [0.4, 0.5) is 0 Å². The summed E-state index contributed by atoms with van der Waals surface area (Å²) in [4.78, 5) is 11.8. The fourth-order valence-electron chi connectivity index (χ4n) is 1.09. The number of terminal acetylenes is 1. The Bertz CT molecular complexity index is 367. The molecule has 0 aliphatic carbocycles. The molecule has 1 aromatic carbocycles. The van der Waals surface area contributed by atoms with Gasteiger partial charge in [-0.05, 0) is 19.1 Å². The van der Waals surface area contributed by atoms with E-state index in [1.807, 2.05) is 30.3 Å². The number of carbonyl (C=O) groups excluding carboxylic acids is 1. The molecule has 0 spiro atoms. The molecule has 0 aliphatic rings. The van der Waals surface area contributed by atoms with Crippen molar-refractivity contribution in [3.05, 3.63) is 30.3 Å². The molecule has 2 unspecified atom stereocenters. The van der Waals surface area contributed by atoms with Crippen LogP contribution < -0.4 is 5.11 Å². The zero-order valence-electron chi connectivity index (χ0n) is 8.34. The highest BCUT2D eigenvalue weighted by Gasteiger charge is 2.17. The molecular weight excluding hydrogens is 208 g/mol. The molecule has 0 bridgehead atoms. The van der Waals surface area contributed by atoms with Crippen LogP contribution in [-0.2, 0) is 4.79 Å². The summed E-state index contributed by atoms with van der Waals surface area (Å²) in [6, 6.07) is 9.29. The zero-order chi connectivity index (χ0) is 11.3. The third kappa shape index (κ3) is 3.34. The van der Waals surface area contributed by atoms with Gasteiger partial charge in [-0.25, -0.2) is 0 Å². The Morgan fingerprint density at radius 1 is 1.47 bits per heavy atom. The highest BCUT2D eigenvalue weighted by atomic mass is 32.2. The SMILES string of the molecule is C#CC(C)C(Sc1ccccc1)C(=O)[O-]. The predicted molar refractivity (Wildman–Crippen MR) is 59.1 cm³/mol. The van der Waals surface area contributed by atoms with Crippen molar-refractivity contribution in [3.63, 3.8) is 0 Å². The molecule has 0 amide bonds. The van der Waals surface area contributed by atoms with E-state index in [2.05, 4.69) is 5.92 Å². The lowest BCUT2D eigenvalue weighted by atomic mass is 10.1. The molecule has 0 aromatic heterocycles. The summed E-state index contributed by atoms with van der Waals surface area (Å²) >= 11 is 1.22. The molecule has 1 rings (SSSR count). The van der Waals surface area contributed by atoms with Crippen LogP contribution in [0.1, 0.15) is 6.92 Å². The fraction of sp³-hybridized carbons (Fsp3) is 0.250. The molecule has 0 N–H and O–H groups in total. The van der Waals surface area contributed by atoms with Gasteiger partial charge < -0.3 is 9.90 Å². The van der Waals surface area contributed by atoms with E-state index < -0.39 is 11.2 Å². The average Bonchev–Trinajstić information content (AvgIpc) is 2.26. The van der Waals surface area contributed by atoms with Gasteiger partial charge in [-0.15, -0.1) is 24.1 Å². The largest absolute Gasteiger partial charge is 0.549 e. The summed E-state index contributed by atoms with van der Waals surface area (Å²) in [5.74, 6) is 0.962. The summed E-state index contributed by atoms with van der Waals surface area (Å²) in [6.45, 7) is 1.70. The average molecular weight is 219 g/mol. The van der Waals surface area contributed by atoms with E-state index in [1.54, 1.807) is 6.92 Å². The monoisotopic (exact) mass is 219 g/mol. The Kier molecular flexibility index (Phi) is 4.26. The van der Waals surface area contributed by atoms with Crippen molar-refractivity contribution in [2.45, 2.75) is 17.1 Å². The van der Waals surface area contributed by atoms with Crippen LogP contribution in [0, 0.1) is 18.3 Å². The molecule has 78 valence electrons. The first-order valence-corrected chi connectivity index (χ1v) is 5.42. The van der Waals surface area contributed by atoms with Crippen molar-refractivity contribution in [2.75, 3.05) is 0 Å². The van der Waals surface area contributed by atoms with Gasteiger partial charge in [0.2, 0.25) is 0 Å². The number of hydrogen-bond donors (Lipinski definition) is 0. The van der Waals surface area contributed by atoms with Gasteiger partial charge in [-0.2, -0.15) is 0 Å². The van der Waals surface area contributed by atoms with Crippen LogP contribution in [0.25, 0.3) is 0 Å². The second-order valence-corrected chi connectivity index (χ2v) is 4.34. The van der Waals surface area contributed by atoms with Crippen LogP contribution in [-0.4, -0.2) is 11.2 Å². The standard InChI is InChI=1S/C12H12O2S/c1-3-9(2)11(12(13)14)15-10-7-5-4-6-8-10/h1,4-9,11H,2H3,(H,13,14)/p-1. The Balaban J connectivity index is 2.77. The highest BCUT2D eigenvalue weighted by molar-refractivity contribution is 8.00. The van der Waals surface area contributed by atoms with Crippen molar-refractivity contribution in [1.82, 2.24) is 0 Å². The summed E-state index contributed by atoms with van der Waals surface area (Å²) in [7, 11) is 0. The normalized spacial score (nSPS) is 13.9. The molecule has 2 atom stereocenters. The second-order valence-electron chi connectivity index (χ2n) is 3.13. The first-order valence-electron chi connectivity index (χ1n) is 4.54. The van der Waals surface area contributed by atoms with E-state index in [0.717, 1.165) is 4.90 Å². The fourth-order valence-corrected chi connectivity index (χ4v) is 2.07. The minimum Gasteiger partial charge on any atom is -0.549 e. The minimum atomic E-state index is -1.12. The summed E-state index contributed by atoms with van der Waals surface area (Å²) in [5.41, 5.74) is 0. The molecule has 0 fully saturated rings. The van der Waals surface area contributed by atoms with Crippen molar-refractivity contribution >= 4 is 17.7 Å². The van der Waals surface area contributed by atoms with Gasteiger partial charge in [0, 0.05) is 10.8 Å². The van der Waals surface area contributed by atoms with Crippen molar-refractivity contribution in [3.8, 4) is 12.3 Å². The van der Waals surface area contributed by atoms with Crippen LogP contribution in [0.15, 0.2) is 35.2 Å². The third-order valence-electron chi connectivity index (χ3n) is 1.96. The van der Waals surface area contributed by atoms with E-state index in [0.29, 0.717) is 0 Å². The number of carboxylic acid groups (broad SMARTS) is 1. The maximum Gasteiger partial charge on any atom is 0.0625 e. The number of carboxylic acids is 1. The molecule has 1 aromatic rings. The van der Waals surface area contributed by atoms with Gasteiger partial charge in [0.1, 0.15) is 0 Å². The van der Waals surface area contributed by atoms with Gasteiger partial charge in [0.15, 0.2) is 0 Å². The maximum atomic E-state index is 10.9. The predicted octanol–water partition coefficient (Wildman–Crippen LogP) is 1.17. The van der Waals surface area contributed by atoms with Crippen molar-refractivity contribution < 1.29 is 9.90 Å². The Hall–Kier alpha value is -1.40. The Labute approximate surface area is 93.7 Å². The van der Waals surface area contributed by atoms with Gasteiger partial charge in [-0.3, -0.25) is 0 Å². The zero-order valence-corrected chi connectivity index (χ0v) is 9.16. The van der Waals surface area contributed by atoms with E-state index in [-0.39, 0.29) is 5.92 Å². The summed E-state index contributed by atoms with van der Waals surface area (Å²) in [5, 5.41) is 10.2. The van der Waals surface area contributed by atoms with Gasteiger partial charge in [0.25, 0.3) is 0 Å². The van der Waals surface area contributed by atoms with E-state index >= 15 is 0 Å². The number of aliphatic carboxylic acids is 1. The van der Waals surface area contributed by atoms with Crippen LogP contribution in [0.5, 0.6) is 0 Å². The van der Waals surface area contributed by atoms with Crippen LogP contribution in [0.3, 0.4) is 0 Å². The van der Waals surface area contributed by atoms with Crippen LogP contribution >= 0.6 is 11.8 Å². The topological polar surface area (TPSA) is 40.1 Å². The second kappa shape index (κ2) is 5.47. The number of rotatable bonds is 4. The Morgan fingerprint density at radius 3 is 2.53 bits per heavy atom. The molecular formula is C12H11O2S-. The molecule has 0 aliphatic heterocycles. The van der Waals surface area contributed by atoms with Gasteiger partial charge >= 0.3 is 0 Å². The minimum absolute atomic E-state index is 0.347. The first-order chi connectivity index (χ1) is 7.15. The van der Waals surface area contributed by atoms with Crippen molar-refractivity contribution in [2.24, 2.45) is 5.92 Å². The van der Waals surface area contributed by atoms with E-state index in [1.165, 1.54) is 11.8 Å².